The first-order chi connectivity index (χ1) is 8.70. The van der Waals surface area contributed by atoms with Gasteiger partial charge in [0, 0.05) is 17.1 Å². The van der Waals surface area contributed by atoms with Crippen molar-refractivity contribution in [3.8, 4) is 0 Å². The lowest BCUT2D eigenvalue weighted by Gasteiger charge is -2.19. The van der Waals surface area contributed by atoms with Gasteiger partial charge in [-0.25, -0.2) is 0 Å². The van der Waals surface area contributed by atoms with Gasteiger partial charge in [-0.05, 0) is 49.8 Å². The average Bonchev–Trinajstić information content (AvgIpc) is 2.87. The van der Waals surface area contributed by atoms with Gasteiger partial charge in [0.05, 0.1) is 6.10 Å². The topological polar surface area (TPSA) is 47.3 Å². The lowest BCUT2D eigenvalue weighted by atomic mass is 9.99. The lowest BCUT2D eigenvalue weighted by Crippen LogP contribution is -2.28. The van der Waals surface area contributed by atoms with Crippen LogP contribution in [-0.2, 0) is 4.74 Å². The molecule has 0 aromatic heterocycles. The van der Waals surface area contributed by atoms with Gasteiger partial charge in [0.25, 0.3) is 0 Å². The van der Waals surface area contributed by atoms with Crippen LogP contribution in [0, 0.1) is 6.92 Å². The van der Waals surface area contributed by atoms with Crippen molar-refractivity contribution < 1.29 is 4.74 Å². The number of rotatable bonds is 5. The third-order valence-corrected chi connectivity index (χ3v) is 4.46. The standard InChI is InChI=1S/C14H21BrN2O/c1-10-4-5-11(9-13(10)15)14(17-16)7-6-12-3-2-8-18-12/h4-5,9,12,14,17H,2-3,6-8,16H2,1H3. The maximum Gasteiger partial charge on any atom is 0.0576 e. The number of hydrogen-bond acceptors (Lipinski definition) is 3. The highest BCUT2D eigenvalue weighted by molar-refractivity contribution is 9.10. The Balaban J connectivity index is 1.96. The van der Waals surface area contributed by atoms with Crippen LogP contribution in [0.3, 0.4) is 0 Å². The molecule has 0 bridgehead atoms. The Morgan fingerprint density at radius 2 is 2.39 bits per heavy atom. The highest BCUT2D eigenvalue weighted by atomic mass is 79.9. The summed E-state index contributed by atoms with van der Waals surface area (Å²) < 4.78 is 6.79. The van der Waals surface area contributed by atoms with Crippen molar-refractivity contribution in [1.82, 2.24) is 5.43 Å². The van der Waals surface area contributed by atoms with Gasteiger partial charge in [0.15, 0.2) is 0 Å². The van der Waals surface area contributed by atoms with Gasteiger partial charge in [-0.3, -0.25) is 11.3 Å². The highest BCUT2D eigenvalue weighted by Gasteiger charge is 2.18. The predicted octanol–water partition coefficient (Wildman–Crippen LogP) is 3.22. The maximum absolute atomic E-state index is 5.67. The minimum Gasteiger partial charge on any atom is -0.378 e. The Hall–Kier alpha value is -0.420. The molecule has 18 heavy (non-hydrogen) atoms. The second kappa shape index (κ2) is 6.66. The van der Waals surface area contributed by atoms with Gasteiger partial charge < -0.3 is 4.74 Å². The van der Waals surface area contributed by atoms with Crippen molar-refractivity contribution in [3.63, 3.8) is 0 Å². The van der Waals surface area contributed by atoms with Crippen LogP contribution in [-0.4, -0.2) is 12.7 Å². The van der Waals surface area contributed by atoms with Crippen LogP contribution in [0.2, 0.25) is 0 Å². The molecule has 1 heterocycles. The normalized spacial score (nSPS) is 21.2. The molecule has 1 saturated heterocycles. The van der Waals surface area contributed by atoms with Crippen LogP contribution in [0.1, 0.15) is 42.9 Å². The fourth-order valence-electron chi connectivity index (χ4n) is 2.40. The van der Waals surface area contributed by atoms with Crippen LogP contribution in [0.5, 0.6) is 0 Å². The summed E-state index contributed by atoms with van der Waals surface area (Å²) in [5.74, 6) is 5.67. The van der Waals surface area contributed by atoms with Crippen LogP contribution in [0.4, 0.5) is 0 Å². The monoisotopic (exact) mass is 312 g/mol. The second-order valence-corrected chi connectivity index (χ2v) is 5.79. The number of ether oxygens (including phenoxy) is 1. The Morgan fingerprint density at radius 1 is 1.56 bits per heavy atom. The van der Waals surface area contributed by atoms with Crippen LogP contribution >= 0.6 is 15.9 Å². The Bertz CT molecular complexity index is 391. The molecule has 3 N–H and O–H groups in total. The largest absolute Gasteiger partial charge is 0.378 e. The molecule has 4 heteroatoms. The van der Waals surface area contributed by atoms with E-state index in [-0.39, 0.29) is 6.04 Å². The van der Waals surface area contributed by atoms with Crippen LogP contribution < -0.4 is 11.3 Å². The molecule has 2 atom stereocenters. The molecule has 0 spiro atoms. The van der Waals surface area contributed by atoms with Gasteiger partial charge >= 0.3 is 0 Å². The smallest absolute Gasteiger partial charge is 0.0576 e. The van der Waals surface area contributed by atoms with E-state index in [1.807, 2.05) is 0 Å². The number of benzene rings is 1. The van der Waals surface area contributed by atoms with E-state index >= 15 is 0 Å². The zero-order valence-electron chi connectivity index (χ0n) is 10.8. The number of nitrogens with two attached hydrogens (primary N) is 1. The first-order valence-electron chi connectivity index (χ1n) is 6.54. The second-order valence-electron chi connectivity index (χ2n) is 4.94. The Kier molecular flexibility index (Phi) is 5.18. The van der Waals surface area contributed by atoms with E-state index in [0.29, 0.717) is 6.10 Å². The highest BCUT2D eigenvalue weighted by Crippen LogP contribution is 2.26. The first kappa shape index (κ1) is 14.0. The van der Waals surface area contributed by atoms with Gasteiger partial charge in [-0.2, -0.15) is 0 Å². The van der Waals surface area contributed by atoms with Gasteiger partial charge in [-0.1, -0.05) is 28.1 Å². The van der Waals surface area contributed by atoms with Gasteiger partial charge in [-0.15, -0.1) is 0 Å². The summed E-state index contributed by atoms with van der Waals surface area (Å²) in [5, 5.41) is 0. The lowest BCUT2D eigenvalue weighted by molar-refractivity contribution is 0.0996. The minimum atomic E-state index is 0.200. The number of aryl methyl sites for hydroxylation is 1. The van der Waals surface area contributed by atoms with E-state index in [4.69, 9.17) is 10.6 Å². The van der Waals surface area contributed by atoms with Crippen LogP contribution in [0.15, 0.2) is 22.7 Å². The summed E-state index contributed by atoms with van der Waals surface area (Å²) >= 11 is 3.57. The number of hydrazine groups is 1. The maximum atomic E-state index is 5.67. The van der Waals surface area contributed by atoms with Crippen LogP contribution in [0.25, 0.3) is 0 Å². The number of hydrogen-bond donors (Lipinski definition) is 2. The molecule has 2 unspecified atom stereocenters. The van der Waals surface area contributed by atoms with Crippen molar-refractivity contribution in [2.45, 2.75) is 44.8 Å². The minimum absolute atomic E-state index is 0.200. The molecule has 1 aliphatic heterocycles. The van der Waals surface area contributed by atoms with E-state index in [9.17, 15) is 0 Å². The van der Waals surface area contributed by atoms with Crippen molar-refractivity contribution >= 4 is 15.9 Å². The molecular formula is C14H21BrN2O. The SMILES string of the molecule is Cc1ccc(C(CCC2CCCO2)NN)cc1Br. The average molecular weight is 313 g/mol. The molecule has 0 amide bonds. The molecule has 0 aliphatic carbocycles. The fourth-order valence-corrected chi connectivity index (χ4v) is 2.79. The van der Waals surface area contributed by atoms with E-state index in [0.717, 1.165) is 23.9 Å². The predicted molar refractivity (Wildman–Crippen MR) is 77.2 cm³/mol. The molecular weight excluding hydrogens is 292 g/mol. The molecule has 0 saturated carbocycles. The van der Waals surface area contributed by atoms with E-state index < -0.39 is 0 Å². The molecule has 100 valence electrons. The molecule has 1 fully saturated rings. The van der Waals surface area contributed by atoms with Gasteiger partial charge in [0.2, 0.25) is 0 Å². The third kappa shape index (κ3) is 3.54. The summed E-state index contributed by atoms with van der Waals surface area (Å²) in [5.41, 5.74) is 5.39. The van der Waals surface area contributed by atoms with E-state index in [1.165, 1.54) is 24.0 Å². The molecule has 1 aromatic carbocycles. The van der Waals surface area contributed by atoms with E-state index in [1.54, 1.807) is 0 Å². The summed E-state index contributed by atoms with van der Waals surface area (Å²) in [4.78, 5) is 0. The fraction of sp³-hybridized carbons (Fsp3) is 0.571. The number of halogens is 1. The quantitative estimate of drug-likeness (QED) is 0.648. The van der Waals surface area contributed by atoms with Gasteiger partial charge in [0.1, 0.15) is 0 Å². The number of nitrogens with one attached hydrogen (secondary N) is 1. The summed E-state index contributed by atoms with van der Waals surface area (Å²) in [6.07, 6.45) is 4.89. The first-order valence-corrected chi connectivity index (χ1v) is 7.34. The molecule has 2 rings (SSSR count). The van der Waals surface area contributed by atoms with Crippen molar-refractivity contribution in [1.29, 1.82) is 0 Å². The Morgan fingerprint density at radius 3 is 3.00 bits per heavy atom. The molecule has 1 aliphatic rings. The van der Waals surface area contributed by atoms with Crippen molar-refractivity contribution in [3.05, 3.63) is 33.8 Å². The summed E-state index contributed by atoms with van der Waals surface area (Å²) in [7, 11) is 0. The molecule has 3 nitrogen and oxygen atoms in total. The zero-order valence-corrected chi connectivity index (χ0v) is 12.4. The molecule has 0 radical (unpaired) electrons. The molecule has 1 aromatic rings. The van der Waals surface area contributed by atoms with E-state index in [2.05, 4.69) is 46.5 Å². The third-order valence-electron chi connectivity index (χ3n) is 3.60. The zero-order chi connectivity index (χ0) is 13.0. The van der Waals surface area contributed by atoms with Crippen molar-refractivity contribution in [2.24, 2.45) is 5.84 Å². The Labute approximate surface area is 117 Å². The summed E-state index contributed by atoms with van der Waals surface area (Å²) in [6, 6.07) is 6.61. The summed E-state index contributed by atoms with van der Waals surface area (Å²) in [6.45, 7) is 3.01. The van der Waals surface area contributed by atoms with Crippen molar-refractivity contribution in [2.75, 3.05) is 6.61 Å².